The van der Waals surface area contributed by atoms with Crippen LogP contribution in [0.15, 0.2) is 18.2 Å². The quantitative estimate of drug-likeness (QED) is 0.662. The molecular formula is C15H22N2O3. The molecule has 1 amide bonds. The molecule has 110 valence electrons. The molecule has 1 aliphatic rings. The van der Waals surface area contributed by atoms with Gasteiger partial charge in [0.25, 0.3) is 0 Å². The summed E-state index contributed by atoms with van der Waals surface area (Å²) in [6.45, 7) is 3.26. The van der Waals surface area contributed by atoms with Crippen molar-refractivity contribution in [2.24, 2.45) is 5.92 Å². The zero-order valence-electron chi connectivity index (χ0n) is 12.0. The molecule has 3 N–H and O–H groups in total. The summed E-state index contributed by atoms with van der Waals surface area (Å²) in [6, 6.07) is 5.28. The van der Waals surface area contributed by atoms with Gasteiger partial charge in [-0.15, -0.1) is 0 Å². The first-order valence-electron chi connectivity index (χ1n) is 7.00. The van der Waals surface area contributed by atoms with E-state index >= 15 is 0 Å². The molecule has 1 aliphatic carbocycles. The normalized spacial score (nSPS) is 15.7. The Kier molecular flexibility index (Phi) is 4.84. The first-order valence-corrected chi connectivity index (χ1v) is 7.00. The fraction of sp³-hybridized carbons (Fsp3) is 0.533. The highest BCUT2D eigenvalue weighted by Crippen LogP contribution is 2.29. The van der Waals surface area contributed by atoms with Crippen LogP contribution in [0.5, 0.6) is 11.5 Å². The van der Waals surface area contributed by atoms with Gasteiger partial charge in [0.05, 0.1) is 7.11 Å². The molecule has 1 fully saturated rings. The highest BCUT2D eigenvalue weighted by atomic mass is 16.5. The van der Waals surface area contributed by atoms with Crippen molar-refractivity contribution >= 4 is 5.91 Å². The number of aromatic hydroxyl groups is 1. The van der Waals surface area contributed by atoms with Crippen molar-refractivity contribution in [2.45, 2.75) is 25.8 Å². The molecule has 20 heavy (non-hydrogen) atoms. The summed E-state index contributed by atoms with van der Waals surface area (Å²) >= 11 is 0. The van der Waals surface area contributed by atoms with Crippen LogP contribution in [-0.2, 0) is 4.79 Å². The highest BCUT2D eigenvalue weighted by Gasteiger charge is 2.28. The fourth-order valence-electron chi connectivity index (χ4n) is 2.09. The van der Waals surface area contributed by atoms with E-state index in [1.807, 2.05) is 19.1 Å². The average Bonchev–Trinajstić information content (AvgIpc) is 3.27. The van der Waals surface area contributed by atoms with Crippen molar-refractivity contribution in [3.8, 4) is 11.5 Å². The van der Waals surface area contributed by atoms with E-state index in [2.05, 4.69) is 10.6 Å². The Morgan fingerprint density at radius 1 is 1.45 bits per heavy atom. The third kappa shape index (κ3) is 3.87. The Morgan fingerprint density at radius 3 is 2.80 bits per heavy atom. The summed E-state index contributed by atoms with van der Waals surface area (Å²) in [5.41, 5.74) is 0.819. The molecule has 0 radical (unpaired) electrons. The van der Waals surface area contributed by atoms with Crippen LogP contribution >= 0.6 is 0 Å². The minimum absolute atomic E-state index is 0.0127. The molecule has 0 aliphatic heterocycles. The number of hydrogen-bond acceptors (Lipinski definition) is 4. The van der Waals surface area contributed by atoms with Crippen molar-refractivity contribution in [2.75, 3.05) is 20.2 Å². The molecule has 1 saturated carbocycles. The predicted octanol–water partition coefficient (Wildman–Crippen LogP) is 1.58. The van der Waals surface area contributed by atoms with Crippen molar-refractivity contribution in [1.29, 1.82) is 0 Å². The minimum atomic E-state index is 0.0127. The molecular weight excluding hydrogens is 256 g/mol. The van der Waals surface area contributed by atoms with Gasteiger partial charge in [0.15, 0.2) is 0 Å². The highest BCUT2D eigenvalue weighted by molar-refractivity contribution is 5.80. The number of benzene rings is 1. The van der Waals surface area contributed by atoms with Crippen LogP contribution in [0.1, 0.15) is 31.4 Å². The number of carbonyl (C=O) groups is 1. The van der Waals surface area contributed by atoms with Gasteiger partial charge in [-0.2, -0.15) is 0 Å². The van der Waals surface area contributed by atoms with Crippen molar-refractivity contribution < 1.29 is 14.6 Å². The number of methoxy groups -OCH3 is 1. The van der Waals surface area contributed by atoms with E-state index in [0.717, 1.165) is 18.4 Å². The van der Waals surface area contributed by atoms with Gasteiger partial charge in [0.2, 0.25) is 5.91 Å². The van der Waals surface area contributed by atoms with Gasteiger partial charge in [0, 0.05) is 36.7 Å². The summed E-state index contributed by atoms with van der Waals surface area (Å²) in [5.74, 6) is 1.26. The van der Waals surface area contributed by atoms with Crippen LogP contribution in [0.3, 0.4) is 0 Å². The standard InChI is InChI=1S/C15H22N2O3/c1-10(13-6-5-12(20-2)9-14(13)18)16-7-8-17-15(19)11-3-4-11/h5-6,9-11,16,18H,3-4,7-8H2,1-2H3,(H,17,19). The Bertz CT molecular complexity index is 472. The number of carbonyl (C=O) groups excluding carboxylic acids is 1. The Labute approximate surface area is 119 Å². The summed E-state index contributed by atoms with van der Waals surface area (Å²) in [5, 5.41) is 16.1. The maximum absolute atomic E-state index is 11.5. The van der Waals surface area contributed by atoms with Gasteiger partial charge in [0.1, 0.15) is 11.5 Å². The van der Waals surface area contributed by atoms with E-state index < -0.39 is 0 Å². The largest absolute Gasteiger partial charge is 0.507 e. The van der Waals surface area contributed by atoms with E-state index in [1.54, 1.807) is 13.2 Å². The third-order valence-electron chi connectivity index (χ3n) is 3.53. The molecule has 1 aromatic carbocycles. The number of nitrogens with one attached hydrogen (secondary N) is 2. The third-order valence-corrected chi connectivity index (χ3v) is 3.53. The van der Waals surface area contributed by atoms with Gasteiger partial charge < -0.3 is 20.5 Å². The molecule has 1 unspecified atom stereocenters. The summed E-state index contributed by atoms with van der Waals surface area (Å²) < 4.78 is 5.06. The second kappa shape index (κ2) is 6.61. The zero-order valence-corrected chi connectivity index (χ0v) is 12.0. The first-order chi connectivity index (χ1) is 9.61. The van der Waals surface area contributed by atoms with Crippen LogP contribution in [0, 0.1) is 5.92 Å². The van der Waals surface area contributed by atoms with Gasteiger partial charge in [-0.1, -0.05) is 6.07 Å². The Morgan fingerprint density at radius 2 is 2.20 bits per heavy atom. The monoisotopic (exact) mass is 278 g/mol. The van der Waals surface area contributed by atoms with Gasteiger partial charge in [-0.3, -0.25) is 4.79 Å². The van der Waals surface area contributed by atoms with Crippen LogP contribution in [0.2, 0.25) is 0 Å². The van der Waals surface area contributed by atoms with E-state index in [-0.39, 0.29) is 23.6 Å². The lowest BCUT2D eigenvalue weighted by molar-refractivity contribution is -0.122. The van der Waals surface area contributed by atoms with Gasteiger partial charge in [-0.05, 0) is 25.8 Å². The first kappa shape index (κ1) is 14.7. The van der Waals surface area contributed by atoms with Gasteiger partial charge >= 0.3 is 0 Å². The van der Waals surface area contributed by atoms with Crippen molar-refractivity contribution in [1.82, 2.24) is 10.6 Å². The molecule has 1 atom stereocenters. The Hall–Kier alpha value is -1.75. The van der Waals surface area contributed by atoms with E-state index in [9.17, 15) is 9.90 Å². The number of phenolic OH excluding ortho intramolecular Hbond substituents is 1. The Balaban J connectivity index is 1.76. The maximum Gasteiger partial charge on any atom is 0.223 e. The van der Waals surface area contributed by atoms with Gasteiger partial charge in [-0.25, -0.2) is 0 Å². The topological polar surface area (TPSA) is 70.6 Å². The molecule has 5 heteroatoms. The van der Waals surface area contributed by atoms with Crippen LogP contribution in [-0.4, -0.2) is 31.2 Å². The van der Waals surface area contributed by atoms with E-state index in [0.29, 0.717) is 18.8 Å². The molecule has 0 spiro atoms. The lowest BCUT2D eigenvalue weighted by Crippen LogP contribution is -2.33. The van der Waals surface area contributed by atoms with E-state index in [1.165, 1.54) is 0 Å². The molecule has 0 saturated heterocycles. The summed E-state index contributed by atoms with van der Waals surface area (Å²) in [6.07, 6.45) is 2.05. The summed E-state index contributed by atoms with van der Waals surface area (Å²) in [7, 11) is 1.57. The maximum atomic E-state index is 11.5. The molecule has 1 aromatic rings. The van der Waals surface area contributed by atoms with Crippen LogP contribution < -0.4 is 15.4 Å². The number of ether oxygens (including phenoxy) is 1. The van der Waals surface area contributed by atoms with Crippen LogP contribution in [0.4, 0.5) is 0 Å². The molecule has 0 aromatic heterocycles. The zero-order chi connectivity index (χ0) is 14.5. The predicted molar refractivity (Wildman–Crippen MR) is 76.8 cm³/mol. The van der Waals surface area contributed by atoms with Crippen LogP contribution in [0.25, 0.3) is 0 Å². The second-order valence-corrected chi connectivity index (χ2v) is 5.17. The van der Waals surface area contributed by atoms with E-state index in [4.69, 9.17) is 4.74 Å². The fourth-order valence-corrected chi connectivity index (χ4v) is 2.09. The summed E-state index contributed by atoms with van der Waals surface area (Å²) in [4.78, 5) is 11.5. The number of hydrogen-bond donors (Lipinski definition) is 3. The molecule has 5 nitrogen and oxygen atoms in total. The average molecular weight is 278 g/mol. The second-order valence-electron chi connectivity index (χ2n) is 5.17. The minimum Gasteiger partial charge on any atom is -0.507 e. The molecule has 2 rings (SSSR count). The number of phenols is 1. The lowest BCUT2D eigenvalue weighted by atomic mass is 10.1. The van der Waals surface area contributed by atoms with Crippen molar-refractivity contribution in [3.05, 3.63) is 23.8 Å². The smallest absolute Gasteiger partial charge is 0.223 e. The SMILES string of the molecule is COc1ccc(C(C)NCCNC(=O)C2CC2)c(O)c1. The lowest BCUT2D eigenvalue weighted by Gasteiger charge is -2.16. The number of rotatable bonds is 7. The number of amides is 1. The molecule has 0 bridgehead atoms. The van der Waals surface area contributed by atoms with Crippen molar-refractivity contribution in [3.63, 3.8) is 0 Å². The molecule has 0 heterocycles.